The van der Waals surface area contributed by atoms with Crippen molar-refractivity contribution in [1.29, 1.82) is 0 Å². The summed E-state index contributed by atoms with van der Waals surface area (Å²) in [7, 11) is 8.41. The number of hydrogen-bond donors (Lipinski definition) is 0. The number of carbonyl (C=O) groups is 1. The first kappa shape index (κ1) is 18.6. The number of hydrogen-bond acceptors (Lipinski definition) is 3. The van der Waals surface area contributed by atoms with E-state index in [2.05, 4.69) is 38.0 Å². The van der Waals surface area contributed by atoms with E-state index in [0.29, 0.717) is 11.7 Å². The minimum Gasteiger partial charge on any atom is -0.309 e. The standard InChI is InChI=1S/C18H36N2O/c1-19(2)14-16-11-9-7-5-6-8-10-12-17(15-20(3)4)18(21)13-16/h16-17H,5-15H2,1-4H3. The van der Waals surface area contributed by atoms with E-state index in [1.807, 2.05) is 0 Å². The molecule has 0 spiro atoms. The molecule has 3 heteroatoms. The zero-order valence-corrected chi connectivity index (χ0v) is 14.7. The summed E-state index contributed by atoms with van der Waals surface area (Å²) >= 11 is 0. The maximum Gasteiger partial charge on any atom is 0.137 e. The highest BCUT2D eigenvalue weighted by atomic mass is 16.1. The number of nitrogens with zero attached hydrogens (tertiary/aromatic N) is 2. The molecule has 0 aromatic rings. The first-order valence-corrected chi connectivity index (χ1v) is 8.81. The Morgan fingerprint density at radius 3 is 1.90 bits per heavy atom. The second-order valence-corrected chi connectivity index (χ2v) is 7.46. The fourth-order valence-electron chi connectivity index (χ4n) is 3.55. The molecule has 0 aromatic carbocycles. The smallest absolute Gasteiger partial charge is 0.137 e. The molecule has 1 aliphatic carbocycles. The molecule has 21 heavy (non-hydrogen) atoms. The highest BCUT2D eigenvalue weighted by molar-refractivity contribution is 5.81. The lowest BCUT2D eigenvalue weighted by atomic mass is 9.86. The average molecular weight is 296 g/mol. The van der Waals surface area contributed by atoms with E-state index in [9.17, 15) is 4.79 Å². The Labute approximate surface area is 132 Å². The molecule has 0 aliphatic heterocycles. The fourth-order valence-corrected chi connectivity index (χ4v) is 3.55. The van der Waals surface area contributed by atoms with Crippen LogP contribution in [0.2, 0.25) is 0 Å². The maximum atomic E-state index is 12.7. The van der Waals surface area contributed by atoms with Crippen LogP contribution >= 0.6 is 0 Å². The van der Waals surface area contributed by atoms with Crippen molar-refractivity contribution in [2.75, 3.05) is 41.3 Å². The molecule has 0 N–H and O–H groups in total. The van der Waals surface area contributed by atoms with Crippen LogP contribution in [0.3, 0.4) is 0 Å². The van der Waals surface area contributed by atoms with E-state index >= 15 is 0 Å². The highest BCUT2D eigenvalue weighted by Gasteiger charge is 2.23. The lowest BCUT2D eigenvalue weighted by molar-refractivity contribution is -0.124. The molecule has 1 rings (SSSR count). The highest BCUT2D eigenvalue weighted by Crippen LogP contribution is 2.23. The second kappa shape index (κ2) is 10.3. The minimum atomic E-state index is 0.254. The van der Waals surface area contributed by atoms with Gasteiger partial charge in [-0.25, -0.2) is 0 Å². The average Bonchev–Trinajstić information content (AvgIpc) is 2.37. The molecule has 124 valence electrons. The Morgan fingerprint density at radius 2 is 1.33 bits per heavy atom. The third-order valence-corrected chi connectivity index (χ3v) is 4.57. The Kier molecular flexibility index (Phi) is 9.18. The van der Waals surface area contributed by atoms with Gasteiger partial charge >= 0.3 is 0 Å². The molecule has 1 fully saturated rings. The van der Waals surface area contributed by atoms with Gasteiger partial charge in [0, 0.05) is 25.4 Å². The Morgan fingerprint density at radius 1 is 0.810 bits per heavy atom. The molecule has 0 amide bonds. The van der Waals surface area contributed by atoms with Gasteiger partial charge in [-0.3, -0.25) is 4.79 Å². The van der Waals surface area contributed by atoms with Crippen LogP contribution in [0.25, 0.3) is 0 Å². The molecule has 0 saturated heterocycles. The van der Waals surface area contributed by atoms with Gasteiger partial charge in [-0.1, -0.05) is 38.5 Å². The van der Waals surface area contributed by atoms with E-state index < -0.39 is 0 Å². The molecule has 3 nitrogen and oxygen atoms in total. The van der Waals surface area contributed by atoms with Crippen molar-refractivity contribution in [2.24, 2.45) is 11.8 Å². The Hall–Kier alpha value is -0.410. The topological polar surface area (TPSA) is 23.6 Å². The molecular formula is C18H36N2O. The van der Waals surface area contributed by atoms with Gasteiger partial charge in [0.05, 0.1) is 0 Å². The summed E-state index contributed by atoms with van der Waals surface area (Å²) in [6, 6.07) is 0. The Balaban J connectivity index is 2.65. The van der Waals surface area contributed by atoms with Crippen LogP contribution in [0.15, 0.2) is 0 Å². The van der Waals surface area contributed by atoms with Gasteiger partial charge < -0.3 is 9.80 Å². The van der Waals surface area contributed by atoms with E-state index in [0.717, 1.165) is 25.9 Å². The second-order valence-electron chi connectivity index (χ2n) is 7.46. The summed E-state index contributed by atoms with van der Waals surface area (Å²) < 4.78 is 0. The van der Waals surface area contributed by atoms with Crippen molar-refractivity contribution in [1.82, 2.24) is 9.80 Å². The lowest BCUT2D eigenvalue weighted by Gasteiger charge is -2.25. The number of Topliss-reactive ketones (excluding diaryl/α,β-unsaturated/α-hetero) is 1. The quantitative estimate of drug-likeness (QED) is 0.794. The van der Waals surface area contributed by atoms with Crippen molar-refractivity contribution in [3.05, 3.63) is 0 Å². The van der Waals surface area contributed by atoms with E-state index in [-0.39, 0.29) is 5.92 Å². The van der Waals surface area contributed by atoms with E-state index in [1.165, 1.54) is 44.9 Å². The van der Waals surface area contributed by atoms with Crippen molar-refractivity contribution in [3.63, 3.8) is 0 Å². The van der Waals surface area contributed by atoms with Crippen LogP contribution in [-0.2, 0) is 4.79 Å². The third-order valence-electron chi connectivity index (χ3n) is 4.57. The van der Waals surface area contributed by atoms with Crippen LogP contribution < -0.4 is 0 Å². The summed E-state index contributed by atoms with van der Waals surface area (Å²) in [4.78, 5) is 17.1. The largest absolute Gasteiger partial charge is 0.309 e. The summed E-state index contributed by atoms with van der Waals surface area (Å²) in [5.74, 6) is 1.32. The fraction of sp³-hybridized carbons (Fsp3) is 0.944. The predicted octanol–water partition coefficient (Wildman–Crippen LogP) is 3.44. The molecule has 0 radical (unpaired) electrons. The van der Waals surface area contributed by atoms with Crippen molar-refractivity contribution in [2.45, 2.75) is 57.8 Å². The minimum absolute atomic E-state index is 0.254. The molecule has 0 bridgehead atoms. The molecule has 0 aromatic heterocycles. The molecule has 2 unspecified atom stereocenters. The molecular weight excluding hydrogens is 260 g/mol. The van der Waals surface area contributed by atoms with Crippen molar-refractivity contribution < 1.29 is 4.79 Å². The number of carbonyl (C=O) groups excluding carboxylic acids is 1. The van der Waals surface area contributed by atoms with Crippen LogP contribution in [0.5, 0.6) is 0 Å². The zero-order valence-electron chi connectivity index (χ0n) is 14.7. The van der Waals surface area contributed by atoms with Crippen LogP contribution in [0, 0.1) is 11.8 Å². The van der Waals surface area contributed by atoms with Crippen LogP contribution in [0.4, 0.5) is 0 Å². The van der Waals surface area contributed by atoms with Gasteiger partial charge in [0.2, 0.25) is 0 Å². The summed E-state index contributed by atoms with van der Waals surface area (Å²) in [6.45, 7) is 1.98. The predicted molar refractivity (Wildman–Crippen MR) is 90.6 cm³/mol. The lowest BCUT2D eigenvalue weighted by Crippen LogP contribution is -2.31. The molecule has 1 saturated carbocycles. The van der Waals surface area contributed by atoms with E-state index in [4.69, 9.17) is 0 Å². The van der Waals surface area contributed by atoms with Gasteiger partial charge in [-0.15, -0.1) is 0 Å². The van der Waals surface area contributed by atoms with Gasteiger partial charge in [-0.2, -0.15) is 0 Å². The molecule has 2 atom stereocenters. The van der Waals surface area contributed by atoms with Gasteiger partial charge in [0.15, 0.2) is 0 Å². The van der Waals surface area contributed by atoms with Crippen LogP contribution in [-0.4, -0.2) is 56.9 Å². The summed E-state index contributed by atoms with van der Waals surface area (Å²) in [5.41, 5.74) is 0. The van der Waals surface area contributed by atoms with Gasteiger partial charge in [-0.05, 0) is 47.0 Å². The SMILES string of the molecule is CN(C)CC1CCCCCCCCC(CN(C)C)C(=O)C1. The first-order valence-electron chi connectivity index (χ1n) is 8.81. The van der Waals surface area contributed by atoms with Crippen molar-refractivity contribution >= 4 is 5.78 Å². The number of ketones is 1. The number of rotatable bonds is 4. The Bertz CT molecular complexity index is 289. The summed E-state index contributed by atoms with van der Waals surface area (Å²) in [6.07, 6.45) is 11.0. The molecule has 1 aliphatic rings. The maximum absolute atomic E-state index is 12.7. The van der Waals surface area contributed by atoms with Gasteiger partial charge in [0.1, 0.15) is 5.78 Å². The molecule has 0 heterocycles. The zero-order chi connectivity index (χ0) is 15.7. The normalized spacial score (nSPS) is 26.7. The summed E-state index contributed by atoms with van der Waals surface area (Å²) in [5, 5.41) is 0. The first-order chi connectivity index (χ1) is 9.99. The van der Waals surface area contributed by atoms with Crippen LogP contribution in [0.1, 0.15) is 57.8 Å². The van der Waals surface area contributed by atoms with Gasteiger partial charge in [0.25, 0.3) is 0 Å². The monoisotopic (exact) mass is 296 g/mol. The van der Waals surface area contributed by atoms with Crippen molar-refractivity contribution in [3.8, 4) is 0 Å². The van der Waals surface area contributed by atoms with E-state index in [1.54, 1.807) is 0 Å². The third kappa shape index (κ3) is 8.57.